The molecule has 2 heteroatoms. The molecule has 0 fully saturated rings. The molecule has 2 unspecified atom stereocenters. The number of allylic oxidation sites excluding steroid dienone is 1. The van der Waals surface area contributed by atoms with E-state index in [4.69, 9.17) is 5.84 Å². The van der Waals surface area contributed by atoms with E-state index < -0.39 is 0 Å². The smallest absolute Gasteiger partial charge is 0.0422 e. The van der Waals surface area contributed by atoms with Crippen LogP contribution in [0.3, 0.4) is 0 Å². The summed E-state index contributed by atoms with van der Waals surface area (Å²) in [6.07, 6.45) is 12.8. The van der Waals surface area contributed by atoms with Crippen molar-refractivity contribution >= 4 is 0 Å². The Bertz CT molecular complexity index is 211. The van der Waals surface area contributed by atoms with Gasteiger partial charge in [-0.15, -0.1) is 0 Å². The van der Waals surface area contributed by atoms with Gasteiger partial charge in [-0.1, -0.05) is 44.8 Å². The third-order valence-corrected chi connectivity index (χ3v) is 3.81. The van der Waals surface area contributed by atoms with E-state index in [1.807, 2.05) is 0 Å². The second-order valence-electron chi connectivity index (χ2n) is 5.20. The molecule has 0 heterocycles. The second kappa shape index (κ2) is 7.86. The maximum absolute atomic E-state index is 5.71. The third kappa shape index (κ3) is 4.67. The maximum Gasteiger partial charge on any atom is 0.0422 e. The molecule has 0 aromatic heterocycles. The molecule has 0 spiro atoms. The molecule has 2 nitrogen and oxygen atoms in total. The van der Waals surface area contributed by atoms with Gasteiger partial charge in [0.05, 0.1) is 0 Å². The van der Waals surface area contributed by atoms with Crippen LogP contribution in [0, 0.1) is 5.92 Å². The van der Waals surface area contributed by atoms with Crippen molar-refractivity contribution in [1.82, 2.24) is 5.43 Å². The van der Waals surface area contributed by atoms with E-state index in [0.717, 1.165) is 5.92 Å². The predicted octanol–water partition coefficient (Wildman–Crippen LogP) is 3.54. The number of hydrogen-bond acceptors (Lipinski definition) is 2. The van der Waals surface area contributed by atoms with Gasteiger partial charge in [-0.2, -0.15) is 0 Å². The average molecular weight is 224 g/mol. The fourth-order valence-corrected chi connectivity index (χ4v) is 2.43. The highest BCUT2D eigenvalue weighted by atomic mass is 15.2. The standard InChI is InChI=1S/C14H28N2/c1-3-12(2)11-14(16-15)13-9-7-5-4-6-8-10-13/h9,12,14,16H,3-8,10-11,15H2,1-2H3. The van der Waals surface area contributed by atoms with E-state index in [-0.39, 0.29) is 0 Å². The molecular weight excluding hydrogens is 196 g/mol. The summed E-state index contributed by atoms with van der Waals surface area (Å²) in [7, 11) is 0. The lowest BCUT2D eigenvalue weighted by atomic mass is 9.89. The molecule has 94 valence electrons. The van der Waals surface area contributed by atoms with Crippen LogP contribution in [0.25, 0.3) is 0 Å². The first-order valence-corrected chi connectivity index (χ1v) is 6.93. The summed E-state index contributed by atoms with van der Waals surface area (Å²) in [5, 5.41) is 0. The summed E-state index contributed by atoms with van der Waals surface area (Å²) in [5.74, 6) is 6.46. The molecule has 1 rings (SSSR count). The molecular formula is C14H28N2. The molecule has 0 aromatic rings. The van der Waals surface area contributed by atoms with Gasteiger partial charge in [-0.05, 0) is 38.0 Å². The van der Waals surface area contributed by atoms with Crippen LogP contribution in [-0.4, -0.2) is 6.04 Å². The molecule has 0 saturated carbocycles. The minimum atomic E-state index is 0.410. The van der Waals surface area contributed by atoms with Crippen molar-refractivity contribution in [2.24, 2.45) is 11.8 Å². The highest BCUT2D eigenvalue weighted by Crippen LogP contribution is 2.23. The lowest BCUT2D eigenvalue weighted by Gasteiger charge is -2.24. The van der Waals surface area contributed by atoms with Gasteiger partial charge in [0.25, 0.3) is 0 Å². The van der Waals surface area contributed by atoms with Crippen molar-refractivity contribution in [2.45, 2.75) is 71.3 Å². The lowest BCUT2D eigenvalue weighted by molar-refractivity contribution is 0.419. The van der Waals surface area contributed by atoms with Crippen molar-refractivity contribution in [3.8, 4) is 0 Å². The maximum atomic E-state index is 5.71. The number of nitrogens with one attached hydrogen (secondary N) is 1. The SMILES string of the molecule is CCC(C)CC(NN)C1=CCCCCCC1. The molecule has 0 saturated heterocycles. The summed E-state index contributed by atoms with van der Waals surface area (Å²) >= 11 is 0. The first-order valence-electron chi connectivity index (χ1n) is 6.93. The largest absolute Gasteiger partial charge is 0.271 e. The molecule has 1 aliphatic rings. The van der Waals surface area contributed by atoms with Crippen LogP contribution < -0.4 is 11.3 Å². The van der Waals surface area contributed by atoms with Crippen molar-refractivity contribution in [3.63, 3.8) is 0 Å². The number of hydrogen-bond donors (Lipinski definition) is 2. The van der Waals surface area contributed by atoms with Gasteiger partial charge in [0.15, 0.2) is 0 Å². The summed E-state index contributed by atoms with van der Waals surface area (Å²) in [4.78, 5) is 0. The number of nitrogens with two attached hydrogens (primary N) is 1. The Kier molecular flexibility index (Phi) is 6.74. The minimum absolute atomic E-state index is 0.410. The van der Waals surface area contributed by atoms with E-state index in [1.165, 1.54) is 51.4 Å². The van der Waals surface area contributed by atoms with Crippen molar-refractivity contribution in [1.29, 1.82) is 0 Å². The van der Waals surface area contributed by atoms with Crippen LogP contribution in [0.4, 0.5) is 0 Å². The molecule has 3 N–H and O–H groups in total. The van der Waals surface area contributed by atoms with Crippen LogP contribution in [0.5, 0.6) is 0 Å². The summed E-state index contributed by atoms with van der Waals surface area (Å²) < 4.78 is 0. The van der Waals surface area contributed by atoms with Crippen LogP contribution in [-0.2, 0) is 0 Å². The fraction of sp³-hybridized carbons (Fsp3) is 0.857. The molecule has 0 bridgehead atoms. The van der Waals surface area contributed by atoms with Gasteiger partial charge in [0, 0.05) is 6.04 Å². The monoisotopic (exact) mass is 224 g/mol. The minimum Gasteiger partial charge on any atom is -0.271 e. The average Bonchev–Trinajstić information content (AvgIpc) is 2.26. The lowest BCUT2D eigenvalue weighted by Crippen LogP contribution is -2.38. The zero-order chi connectivity index (χ0) is 11.8. The van der Waals surface area contributed by atoms with E-state index in [1.54, 1.807) is 5.57 Å². The topological polar surface area (TPSA) is 38.0 Å². The highest BCUT2D eigenvalue weighted by Gasteiger charge is 2.15. The van der Waals surface area contributed by atoms with Gasteiger partial charge >= 0.3 is 0 Å². The summed E-state index contributed by atoms with van der Waals surface area (Å²) in [5.41, 5.74) is 4.57. The van der Waals surface area contributed by atoms with Gasteiger partial charge < -0.3 is 0 Å². The zero-order valence-corrected chi connectivity index (χ0v) is 11.0. The molecule has 0 aromatic carbocycles. The molecule has 16 heavy (non-hydrogen) atoms. The Labute approximate surface area is 101 Å². The number of rotatable bonds is 5. The van der Waals surface area contributed by atoms with Crippen LogP contribution >= 0.6 is 0 Å². The van der Waals surface area contributed by atoms with E-state index >= 15 is 0 Å². The van der Waals surface area contributed by atoms with Gasteiger partial charge in [0.2, 0.25) is 0 Å². The summed E-state index contributed by atoms with van der Waals surface area (Å²) in [6.45, 7) is 4.57. The Balaban J connectivity index is 2.54. The number of hydrazine groups is 1. The summed E-state index contributed by atoms with van der Waals surface area (Å²) in [6, 6.07) is 0.410. The fourth-order valence-electron chi connectivity index (χ4n) is 2.43. The predicted molar refractivity (Wildman–Crippen MR) is 71.0 cm³/mol. The molecule has 0 amide bonds. The Morgan fingerprint density at radius 3 is 2.75 bits per heavy atom. The molecule has 0 radical (unpaired) electrons. The quantitative estimate of drug-likeness (QED) is 0.426. The highest BCUT2D eigenvalue weighted by molar-refractivity contribution is 5.11. The Morgan fingerprint density at radius 2 is 2.06 bits per heavy atom. The van der Waals surface area contributed by atoms with E-state index in [0.29, 0.717) is 6.04 Å². The van der Waals surface area contributed by atoms with E-state index in [9.17, 15) is 0 Å². The second-order valence-corrected chi connectivity index (χ2v) is 5.20. The van der Waals surface area contributed by atoms with Gasteiger partial charge in [0.1, 0.15) is 0 Å². The van der Waals surface area contributed by atoms with Crippen molar-refractivity contribution < 1.29 is 0 Å². The Morgan fingerprint density at radius 1 is 1.31 bits per heavy atom. The normalized spacial score (nSPS) is 21.8. The van der Waals surface area contributed by atoms with Crippen LogP contribution in [0.15, 0.2) is 11.6 Å². The van der Waals surface area contributed by atoms with Crippen molar-refractivity contribution in [2.75, 3.05) is 0 Å². The first kappa shape index (κ1) is 13.7. The van der Waals surface area contributed by atoms with Gasteiger partial charge in [-0.25, -0.2) is 0 Å². The molecule has 0 aliphatic heterocycles. The zero-order valence-electron chi connectivity index (χ0n) is 11.0. The van der Waals surface area contributed by atoms with Crippen LogP contribution in [0.2, 0.25) is 0 Å². The van der Waals surface area contributed by atoms with Crippen molar-refractivity contribution in [3.05, 3.63) is 11.6 Å². The van der Waals surface area contributed by atoms with Gasteiger partial charge in [-0.3, -0.25) is 11.3 Å². The first-order chi connectivity index (χ1) is 7.77. The van der Waals surface area contributed by atoms with Crippen LogP contribution in [0.1, 0.15) is 65.2 Å². The Hall–Kier alpha value is -0.340. The van der Waals surface area contributed by atoms with E-state index in [2.05, 4.69) is 25.3 Å². The molecule has 1 aliphatic carbocycles. The third-order valence-electron chi connectivity index (χ3n) is 3.81. The molecule has 2 atom stereocenters.